The lowest BCUT2D eigenvalue weighted by Crippen LogP contribution is -2.41. The molecule has 0 bridgehead atoms. The molecule has 1 fully saturated rings. The van der Waals surface area contributed by atoms with Gasteiger partial charge in [0, 0.05) is 30.8 Å². The van der Waals surface area contributed by atoms with E-state index < -0.39 is 11.6 Å². The summed E-state index contributed by atoms with van der Waals surface area (Å²) in [5, 5.41) is 3.70. The summed E-state index contributed by atoms with van der Waals surface area (Å²) in [6, 6.07) is 1.90. The summed E-state index contributed by atoms with van der Waals surface area (Å²) in [4.78, 5) is 39.3. The van der Waals surface area contributed by atoms with Gasteiger partial charge in [0.25, 0.3) is 0 Å². The predicted molar refractivity (Wildman–Crippen MR) is 113 cm³/mol. The van der Waals surface area contributed by atoms with Gasteiger partial charge in [0.1, 0.15) is 22.1 Å². The van der Waals surface area contributed by atoms with Crippen molar-refractivity contribution >= 4 is 34.3 Å². The van der Waals surface area contributed by atoms with E-state index in [4.69, 9.17) is 9.47 Å². The van der Waals surface area contributed by atoms with E-state index in [0.29, 0.717) is 34.7 Å². The summed E-state index contributed by atoms with van der Waals surface area (Å²) in [5.74, 6) is 1.08. The van der Waals surface area contributed by atoms with Gasteiger partial charge >= 0.3 is 12.1 Å². The number of carbonyl (C=O) groups excluding carboxylic acids is 2. The van der Waals surface area contributed by atoms with Crippen LogP contribution in [0, 0.1) is 6.92 Å². The van der Waals surface area contributed by atoms with Crippen LogP contribution < -0.4 is 5.32 Å². The molecule has 0 saturated carbocycles. The topological polar surface area (TPSA) is 107 Å². The summed E-state index contributed by atoms with van der Waals surface area (Å²) in [6.45, 7) is 8.69. The van der Waals surface area contributed by atoms with Crippen molar-refractivity contribution in [2.45, 2.75) is 52.1 Å². The number of thiazole rings is 1. The number of rotatable bonds is 4. The van der Waals surface area contributed by atoms with Gasteiger partial charge in [-0.3, -0.25) is 0 Å². The van der Waals surface area contributed by atoms with Crippen LogP contribution in [0.15, 0.2) is 12.3 Å². The van der Waals surface area contributed by atoms with Crippen molar-refractivity contribution in [1.82, 2.24) is 19.9 Å². The zero-order chi connectivity index (χ0) is 21.9. The molecule has 0 aliphatic carbocycles. The third-order valence-corrected chi connectivity index (χ3v) is 5.44. The van der Waals surface area contributed by atoms with Crippen molar-refractivity contribution in [1.29, 1.82) is 0 Å². The Balaban J connectivity index is 1.65. The number of hydrogen-bond donors (Lipinski definition) is 1. The number of likely N-dealkylation sites (tertiary alicyclic amines) is 1. The maximum atomic E-state index is 12.3. The van der Waals surface area contributed by atoms with Crippen LogP contribution in [0.2, 0.25) is 0 Å². The molecule has 10 heteroatoms. The number of nitrogens with one attached hydrogen (secondary N) is 1. The molecule has 162 valence electrons. The fraction of sp³-hybridized carbons (Fsp3) is 0.550. The maximum Gasteiger partial charge on any atom is 0.410 e. The van der Waals surface area contributed by atoms with Gasteiger partial charge in [-0.05, 0) is 40.5 Å². The minimum Gasteiger partial charge on any atom is -0.465 e. The Kier molecular flexibility index (Phi) is 6.55. The van der Waals surface area contributed by atoms with E-state index in [9.17, 15) is 9.59 Å². The van der Waals surface area contributed by atoms with Crippen LogP contribution in [0.3, 0.4) is 0 Å². The number of anilines is 2. The molecule has 0 unspecified atom stereocenters. The lowest BCUT2D eigenvalue weighted by Gasteiger charge is -2.33. The molecule has 3 heterocycles. The van der Waals surface area contributed by atoms with Gasteiger partial charge in [0.2, 0.25) is 0 Å². The highest BCUT2D eigenvalue weighted by atomic mass is 32.1. The fourth-order valence-corrected chi connectivity index (χ4v) is 3.93. The van der Waals surface area contributed by atoms with Crippen molar-refractivity contribution in [2.24, 2.45) is 0 Å². The second-order valence-corrected chi connectivity index (χ2v) is 9.14. The number of hydrogen-bond acceptors (Lipinski definition) is 9. The Hall–Kier alpha value is -2.75. The van der Waals surface area contributed by atoms with E-state index in [1.54, 1.807) is 4.90 Å². The van der Waals surface area contributed by atoms with Crippen LogP contribution in [0.25, 0.3) is 0 Å². The molecule has 2 aromatic heterocycles. The van der Waals surface area contributed by atoms with E-state index in [2.05, 4.69) is 20.3 Å². The number of methoxy groups -OCH3 is 1. The smallest absolute Gasteiger partial charge is 0.410 e. The number of piperidine rings is 1. The summed E-state index contributed by atoms with van der Waals surface area (Å²) < 4.78 is 10.2. The van der Waals surface area contributed by atoms with E-state index in [1.165, 1.54) is 24.6 Å². The third-order valence-electron chi connectivity index (χ3n) is 4.55. The van der Waals surface area contributed by atoms with E-state index in [-0.39, 0.29) is 12.0 Å². The number of nitrogens with zero attached hydrogens (tertiary/aromatic N) is 4. The maximum absolute atomic E-state index is 12.3. The molecule has 1 aliphatic heterocycles. The lowest BCUT2D eigenvalue weighted by molar-refractivity contribution is 0.0203. The molecular formula is C20H27N5O4S. The van der Waals surface area contributed by atoms with Gasteiger partial charge in [-0.1, -0.05) is 11.3 Å². The molecule has 0 atom stereocenters. The zero-order valence-electron chi connectivity index (χ0n) is 17.9. The quantitative estimate of drug-likeness (QED) is 0.724. The average Bonchev–Trinajstić information content (AvgIpc) is 3.14. The first-order chi connectivity index (χ1) is 14.1. The monoisotopic (exact) mass is 433 g/mol. The molecule has 1 amide bonds. The number of aromatic nitrogens is 3. The molecule has 3 rings (SSSR count). The highest BCUT2D eigenvalue weighted by Gasteiger charge is 2.28. The Labute approximate surface area is 179 Å². The Morgan fingerprint density at radius 2 is 1.93 bits per heavy atom. The van der Waals surface area contributed by atoms with Crippen LogP contribution in [0.4, 0.5) is 15.7 Å². The standard InChI is InChI=1S/C20H27N5O4S/c1-12-22-14(13-6-8-25(9-7-13)19(27)29-20(2,3)4)10-16(23-12)24-18-21-11-15(30-18)17(26)28-5/h10-11,13H,6-9H2,1-5H3,(H,21,22,23,24). The van der Waals surface area contributed by atoms with Gasteiger partial charge in [0.15, 0.2) is 5.13 Å². The summed E-state index contributed by atoms with van der Waals surface area (Å²) >= 11 is 1.20. The molecule has 1 aliphatic rings. The zero-order valence-corrected chi connectivity index (χ0v) is 18.7. The first-order valence-corrected chi connectivity index (χ1v) is 10.6. The molecule has 0 aromatic carbocycles. The summed E-state index contributed by atoms with van der Waals surface area (Å²) in [5.41, 5.74) is 0.431. The number of ether oxygens (including phenoxy) is 2. The van der Waals surface area contributed by atoms with E-state index in [0.717, 1.165) is 18.5 Å². The molecule has 9 nitrogen and oxygen atoms in total. The normalized spacial score (nSPS) is 15.0. The Morgan fingerprint density at radius 3 is 2.57 bits per heavy atom. The largest absolute Gasteiger partial charge is 0.465 e. The average molecular weight is 434 g/mol. The predicted octanol–water partition coefficient (Wildman–Crippen LogP) is 3.89. The first-order valence-electron chi connectivity index (χ1n) is 9.79. The van der Waals surface area contributed by atoms with Crippen LogP contribution >= 0.6 is 11.3 Å². The number of carbonyl (C=O) groups is 2. The SMILES string of the molecule is COC(=O)c1cnc(Nc2cc(C3CCN(C(=O)OC(C)(C)C)CC3)nc(C)n2)s1. The van der Waals surface area contributed by atoms with Crippen LogP contribution in [0.5, 0.6) is 0 Å². The van der Waals surface area contributed by atoms with Gasteiger partial charge in [-0.15, -0.1) is 0 Å². The third kappa shape index (κ3) is 5.65. The van der Waals surface area contributed by atoms with Gasteiger partial charge in [-0.2, -0.15) is 0 Å². The molecule has 0 radical (unpaired) electrons. The molecule has 2 aromatic rings. The van der Waals surface area contributed by atoms with Crippen molar-refractivity contribution < 1.29 is 19.1 Å². The van der Waals surface area contributed by atoms with E-state index in [1.807, 2.05) is 33.8 Å². The van der Waals surface area contributed by atoms with Gasteiger partial charge < -0.3 is 19.7 Å². The molecule has 1 N–H and O–H groups in total. The minimum absolute atomic E-state index is 0.230. The minimum atomic E-state index is -0.498. The molecule has 0 spiro atoms. The number of amides is 1. The Morgan fingerprint density at radius 1 is 1.23 bits per heavy atom. The molecule has 1 saturated heterocycles. The summed E-state index contributed by atoms with van der Waals surface area (Å²) in [7, 11) is 1.34. The Bertz CT molecular complexity index is 916. The highest BCUT2D eigenvalue weighted by Crippen LogP contribution is 2.30. The fourth-order valence-electron chi connectivity index (χ4n) is 3.18. The second-order valence-electron chi connectivity index (χ2n) is 8.11. The lowest BCUT2D eigenvalue weighted by atomic mass is 9.93. The highest BCUT2D eigenvalue weighted by molar-refractivity contribution is 7.17. The molecular weight excluding hydrogens is 406 g/mol. The van der Waals surface area contributed by atoms with E-state index >= 15 is 0 Å². The van der Waals surface area contributed by atoms with Gasteiger partial charge in [-0.25, -0.2) is 24.5 Å². The van der Waals surface area contributed by atoms with Crippen molar-refractivity contribution in [3.63, 3.8) is 0 Å². The van der Waals surface area contributed by atoms with Crippen LogP contribution in [-0.2, 0) is 9.47 Å². The number of esters is 1. The van der Waals surface area contributed by atoms with Crippen molar-refractivity contribution in [3.8, 4) is 0 Å². The summed E-state index contributed by atoms with van der Waals surface area (Å²) in [6.07, 6.45) is 2.81. The first kappa shape index (κ1) is 21.9. The van der Waals surface area contributed by atoms with Crippen molar-refractivity contribution in [3.05, 3.63) is 28.7 Å². The second kappa shape index (κ2) is 8.95. The van der Waals surface area contributed by atoms with Gasteiger partial charge in [0.05, 0.1) is 13.3 Å². The number of aryl methyl sites for hydroxylation is 1. The van der Waals surface area contributed by atoms with Crippen molar-refractivity contribution in [2.75, 3.05) is 25.5 Å². The van der Waals surface area contributed by atoms with Crippen LogP contribution in [0.1, 0.15) is 60.7 Å². The molecule has 30 heavy (non-hydrogen) atoms. The van der Waals surface area contributed by atoms with Crippen LogP contribution in [-0.4, -0.2) is 57.7 Å².